The molecule has 126 valence electrons. The Morgan fingerprint density at radius 3 is 2.60 bits per heavy atom. The van der Waals surface area contributed by atoms with Gasteiger partial charge in [-0.05, 0) is 24.3 Å². The van der Waals surface area contributed by atoms with Crippen molar-refractivity contribution in [1.82, 2.24) is 0 Å². The van der Waals surface area contributed by atoms with Gasteiger partial charge in [-0.25, -0.2) is 9.18 Å². The van der Waals surface area contributed by atoms with E-state index in [0.717, 1.165) is 15.0 Å². The van der Waals surface area contributed by atoms with Crippen LogP contribution in [0.15, 0.2) is 54.6 Å². The lowest BCUT2D eigenvalue weighted by molar-refractivity contribution is -0.136. The molecule has 0 fully saturated rings. The van der Waals surface area contributed by atoms with Crippen LogP contribution in [-0.2, 0) is 9.53 Å². The molecule has 6 heteroatoms. The van der Waals surface area contributed by atoms with Crippen LogP contribution in [0.2, 0.25) is 5.02 Å². The van der Waals surface area contributed by atoms with Gasteiger partial charge in [0.05, 0.1) is 10.6 Å². The summed E-state index contributed by atoms with van der Waals surface area (Å²) < 4.78 is 19.4. The highest BCUT2D eigenvalue weighted by Gasteiger charge is 2.13. The molecule has 0 atom stereocenters. The largest absolute Gasteiger partial charge is 0.454 e. The zero-order valence-corrected chi connectivity index (χ0v) is 14.4. The second-order valence-corrected chi connectivity index (χ2v) is 6.58. The molecule has 1 aromatic heterocycles. The van der Waals surface area contributed by atoms with Crippen LogP contribution in [0.25, 0.3) is 16.2 Å². The first kappa shape index (κ1) is 17.3. The van der Waals surface area contributed by atoms with Gasteiger partial charge in [-0.1, -0.05) is 41.9 Å². The summed E-state index contributed by atoms with van der Waals surface area (Å²) >= 11 is 7.72. The summed E-state index contributed by atoms with van der Waals surface area (Å²) in [6.07, 6.45) is 2.74. The zero-order chi connectivity index (χ0) is 17.8. The molecule has 3 rings (SSSR count). The van der Waals surface area contributed by atoms with Crippen molar-refractivity contribution in [3.63, 3.8) is 0 Å². The predicted octanol–water partition coefficient (Wildman–Crippen LogP) is 5.13. The maximum atomic E-state index is 13.5. The molecule has 0 aliphatic heterocycles. The Balaban J connectivity index is 1.64. The molecule has 0 spiro atoms. The quantitative estimate of drug-likeness (QED) is 0.353. The Morgan fingerprint density at radius 1 is 1.12 bits per heavy atom. The molecule has 3 nitrogen and oxygen atoms in total. The van der Waals surface area contributed by atoms with Crippen LogP contribution in [0.1, 0.15) is 15.2 Å². The van der Waals surface area contributed by atoms with Crippen LogP contribution >= 0.6 is 22.9 Å². The standard InChI is InChI=1S/C19H12ClFO3S/c20-19-13-6-2-4-8-16(13)25-17(19)9-10-18(23)24-11-15(22)12-5-1-3-7-14(12)21/h1-10H,11H2/b10-9+. The number of carbonyl (C=O) groups excluding carboxylic acids is 2. The van der Waals surface area contributed by atoms with E-state index in [1.54, 1.807) is 12.1 Å². The zero-order valence-electron chi connectivity index (χ0n) is 12.9. The topological polar surface area (TPSA) is 43.4 Å². The Labute approximate surface area is 152 Å². The first-order valence-corrected chi connectivity index (χ1v) is 8.55. The van der Waals surface area contributed by atoms with Gasteiger partial charge in [0.2, 0.25) is 5.78 Å². The van der Waals surface area contributed by atoms with Crippen molar-refractivity contribution in [2.75, 3.05) is 6.61 Å². The average Bonchev–Trinajstić information content (AvgIpc) is 2.94. The van der Waals surface area contributed by atoms with E-state index in [4.69, 9.17) is 16.3 Å². The number of halogens is 2. The SMILES string of the molecule is O=C(/C=C/c1sc2ccccc2c1Cl)OCC(=O)c1ccccc1F. The highest BCUT2D eigenvalue weighted by Crippen LogP contribution is 2.35. The molecular weight excluding hydrogens is 363 g/mol. The van der Waals surface area contributed by atoms with Crippen LogP contribution < -0.4 is 0 Å². The monoisotopic (exact) mass is 374 g/mol. The third-order valence-corrected chi connectivity index (χ3v) is 5.11. The fourth-order valence-corrected chi connectivity index (χ4v) is 3.63. The normalized spacial score (nSPS) is 11.1. The lowest BCUT2D eigenvalue weighted by atomic mass is 10.1. The van der Waals surface area contributed by atoms with Gasteiger partial charge in [-0.15, -0.1) is 11.3 Å². The van der Waals surface area contributed by atoms with Crippen molar-refractivity contribution in [1.29, 1.82) is 0 Å². The van der Waals surface area contributed by atoms with Crippen LogP contribution in [0.5, 0.6) is 0 Å². The van der Waals surface area contributed by atoms with Gasteiger partial charge in [-0.3, -0.25) is 4.79 Å². The Bertz CT molecular complexity index is 978. The highest BCUT2D eigenvalue weighted by molar-refractivity contribution is 7.20. The maximum absolute atomic E-state index is 13.5. The number of ether oxygens (including phenoxy) is 1. The van der Waals surface area contributed by atoms with E-state index in [1.165, 1.54) is 35.6 Å². The number of rotatable bonds is 5. The molecule has 0 amide bonds. The van der Waals surface area contributed by atoms with E-state index < -0.39 is 24.2 Å². The van der Waals surface area contributed by atoms with Crippen LogP contribution in [0.3, 0.4) is 0 Å². The lowest BCUT2D eigenvalue weighted by Gasteiger charge is -2.02. The van der Waals surface area contributed by atoms with E-state index in [0.29, 0.717) is 5.02 Å². The van der Waals surface area contributed by atoms with Crippen LogP contribution in [-0.4, -0.2) is 18.4 Å². The molecule has 1 heterocycles. The molecule has 0 aliphatic rings. The number of thiophene rings is 1. The predicted molar refractivity (Wildman–Crippen MR) is 97.6 cm³/mol. The van der Waals surface area contributed by atoms with E-state index in [1.807, 2.05) is 24.3 Å². The molecule has 0 N–H and O–H groups in total. The Hall–Kier alpha value is -2.50. The molecule has 25 heavy (non-hydrogen) atoms. The number of carbonyl (C=O) groups is 2. The van der Waals surface area contributed by atoms with Gasteiger partial charge in [0, 0.05) is 21.0 Å². The first-order valence-electron chi connectivity index (χ1n) is 7.36. The molecule has 3 aromatic rings. The second-order valence-electron chi connectivity index (χ2n) is 5.12. The molecule has 0 unspecified atom stereocenters. The number of hydrogen-bond acceptors (Lipinski definition) is 4. The summed E-state index contributed by atoms with van der Waals surface area (Å²) in [5.41, 5.74) is -0.105. The summed E-state index contributed by atoms with van der Waals surface area (Å²) in [6.45, 7) is -0.524. The van der Waals surface area contributed by atoms with Crippen LogP contribution in [0, 0.1) is 5.82 Å². The number of Topliss-reactive ketones (excluding diaryl/α,β-unsaturated/α-hetero) is 1. The number of ketones is 1. The summed E-state index contributed by atoms with van der Waals surface area (Å²) in [6, 6.07) is 13.2. The van der Waals surface area contributed by atoms with Crippen molar-refractivity contribution in [2.45, 2.75) is 0 Å². The molecule has 2 aromatic carbocycles. The minimum Gasteiger partial charge on any atom is -0.454 e. The smallest absolute Gasteiger partial charge is 0.331 e. The Kier molecular flexibility index (Phi) is 5.26. The van der Waals surface area contributed by atoms with E-state index in [-0.39, 0.29) is 5.56 Å². The molecule has 0 bridgehead atoms. The summed E-state index contributed by atoms with van der Waals surface area (Å²) in [4.78, 5) is 24.3. The van der Waals surface area contributed by atoms with Crippen molar-refractivity contribution in [2.24, 2.45) is 0 Å². The molecule has 0 saturated carbocycles. The number of benzene rings is 2. The van der Waals surface area contributed by atoms with E-state index >= 15 is 0 Å². The van der Waals surface area contributed by atoms with Crippen molar-refractivity contribution >= 4 is 50.9 Å². The molecular formula is C19H12ClFO3S. The van der Waals surface area contributed by atoms with Crippen molar-refractivity contribution in [3.05, 3.63) is 75.9 Å². The van der Waals surface area contributed by atoms with Gasteiger partial charge in [0.25, 0.3) is 0 Å². The number of fused-ring (bicyclic) bond motifs is 1. The third-order valence-electron chi connectivity index (χ3n) is 3.45. The van der Waals surface area contributed by atoms with Gasteiger partial charge < -0.3 is 4.74 Å². The second kappa shape index (κ2) is 7.59. The van der Waals surface area contributed by atoms with Crippen molar-refractivity contribution in [3.8, 4) is 0 Å². The summed E-state index contributed by atoms with van der Waals surface area (Å²) in [5, 5.41) is 1.48. The first-order chi connectivity index (χ1) is 12.1. The van der Waals surface area contributed by atoms with E-state index in [9.17, 15) is 14.0 Å². The van der Waals surface area contributed by atoms with Gasteiger partial charge in [-0.2, -0.15) is 0 Å². The molecule has 0 aliphatic carbocycles. The Morgan fingerprint density at radius 2 is 1.84 bits per heavy atom. The number of esters is 1. The third kappa shape index (κ3) is 3.95. The van der Waals surface area contributed by atoms with Crippen LogP contribution in [0.4, 0.5) is 4.39 Å². The fraction of sp³-hybridized carbons (Fsp3) is 0.0526. The summed E-state index contributed by atoms with van der Waals surface area (Å²) in [7, 11) is 0. The minimum absolute atomic E-state index is 0.105. The molecule has 0 radical (unpaired) electrons. The van der Waals surface area contributed by atoms with Gasteiger partial charge in [0.15, 0.2) is 6.61 Å². The van der Waals surface area contributed by atoms with E-state index in [2.05, 4.69) is 0 Å². The van der Waals surface area contributed by atoms with Gasteiger partial charge in [0.1, 0.15) is 5.82 Å². The maximum Gasteiger partial charge on any atom is 0.331 e. The summed E-state index contributed by atoms with van der Waals surface area (Å²) in [5.74, 6) is -1.94. The molecule has 0 saturated heterocycles. The fourth-order valence-electron chi connectivity index (χ4n) is 2.23. The average molecular weight is 375 g/mol. The van der Waals surface area contributed by atoms with Gasteiger partial charge >= 0.3 is 5.97 Å². The minimum atomic E-state index is -0.696. The highest BCUT2D eigenvalue weighted by atomic mass is 35.5. The lowest BCUT2D eigenvalue weighted by Crippen LogP contribution is -2.13. The number of hydrogen-bond donors (Lipinski definition) is 0. The van der Waals surface area contributed by atoms with Crippen molar-refractivity contribution < 1.29 is 18.7 Å².